The average molecular weight is 338 g/mol. The van der Waals surface area contributed by atoms with Crippen LogP contribution in [0.3, 0.4) is 0 Å². The molecule has 1 unspecified atom stereocenters. The van der Waals surface area contributed by atoms with Gasteiger partial charge in [0.1, 0.15) is 5.75 Å². The minimum Gasteiger partial charge on any atom is -0.478 e. The minimum atomic E-state index is -3.45. The fourth-order valence-electron chi connectivity index (χ4n) is 1.08. The van der Waals surface area contributed by atoms with Gasteiger partial charge in [-0.3, -0.25) is 0 Å². The Balaban J connectivity index is 2.69. The highest BCUT2D eigenvalue weighted by molar-refractivity contribution is 9.10. The monoisotopic (exact) mass is 337 g/mol. The number of carboxylic acids is 1. The predicted molar refractivity (Wildman–Crippen MR) is 69.0 cm³/mol. The fraction of sp³-hybridized carbons (Fsp3) is 0.300. The highest BCUT2D eigenvalue weighted by Crippen LogP contribution is 2.17. The van der Waals surface area contributed by atoms with Gasteiger partial charge in [0.15, 0.2) is 0 Å². The van der Waals surface area contributed by atoms with E-state index in [9.17, 15) is 13.2 Å². The van der Waals surface area contributed by atoms with Gasteiger partial charge < -0.3 is 9.84 Å². The number of sulfonamides is 1. The maximum absolute atomic E-state index is 10.9. The first-order chi connectivity index (χ1) is 8.28. The van der Waals surface area contributed by atoms with Crippen molar-refractivity contribution in [2.75, 3.05) is 12.8 Å². The van der Waals surface area contributed by atoms with E-state index in [1.165, 1.54) is 0 Å². The molecule has 0 spiro atoms. The third kappa shape index (κ3) is 5.48. The highest BCUT2D eigenvalue weighted by atomic mass is 79.9. The van der Waals surface area contributed by atoms with Gasteiger partial charge >= 0.3 is 5.97 Å². The van der Waals surface area contributed by atoms with Crippen LogP contribution < -0.4 is 9.46 Å². The van der Waals surface area contributed by atoms with E-state index < -0.39 is 22.1 Å². The quantitative estimate of drug-likeness (QED) is 0.802. The third-order valence-corrected chi connectivity index (χ3v) is 3.12. The summed E-state index contributed by atoms with van der Waals surface area (Å²) >= 11 is 3.23. The summed E-state index contributed by atoms with van der Waals surface area (Å²) in [5.74, 6) is -0.894. The second-order valence-electron chi connectivity index (χ2n) is 3.52. The molecule has 0 aromatic heterocycles. The van der Waals surface area contributed by atoms with Crippen LogP contribution >= 0.6 is 15.9 Å². The molecule has 1 atom stereocenters. The van der Waals surface area contributed by atoms with E-state index in [0.717, 1.165) is 10.7 Å². The van der Waals surface area contributed by atoms with Crippen LogP contribution in [-0.4, -0.2) is 38.4 Å². The van der Waals surface area contributed by atoms with Crippen molar-refractivity contribution in [2.45, 2.75) is 6.10 Å². The largest absolute Gasteiger partial charge is 0.478 e. The molecular weight excluding hydrogens is 326 g/mol. The first-order valence-corrected chi connectivity index (χ1v) is 7.56. The standard InChI is InChI=1S/C10H12BrNO5S/c1-18(15,16)12-6-9(10(13)14)17-8-4-2-7(11)3-5-8/h2-5,9,12H,6H2,1H3,(H,13,14). The van der Waals surface area contributed by atoms with Gasteiger partial charge in [-0.15, -0.1) is 0 Å². The van der Waals surface area contributed by atoms with Crippen molar-refractivity contribution in [3.63, 3.8) is 0 Å². The molecule has 0 fully saturated rings. The van der Waals surface area contributed by atoms with E-state index in [-0.39, 0.29) is 6.54 Å². The smallest absolute Gasteiger partial charge is 0.346 e. The van der Waals surface area contributed by atoms with Crippen molar-refractivity contribution in [3.8, 4) is 5.75 Å². The van der Waals surface area contributed by atoms with Crippen molar-refractivity contribution in [1.82, 2.24) is 4.72 Å². The van der Waals surface area contributed by atoms with Crippen LogP contribution in [0.5, 0.6) is 5.75 Å². The minimum absolute atomic E-state index is 0.329. The lowest BCUT2D eigenvalue weighted by molar-refractivity contribution is -0.144. The Morgan fingerprint density at radius 3 is 2.44 bits per heavy atom. The number of ether oxygens (including phenoxy) is 1. The number of hydrogen-bond donors (Lipinski definition) is 2. The lowest BCUT2D eigenvalue weighted by Crippen LogP contribution is -2.39. The van der Waals surface area contributed by atoms with Gasteiger partial charge in [-0.2, -0.15) is 0 Å². The van der Waals surface area contributed by atoms with Gasteiger partial charge in [-0.1, -0.05) is 15.9 Å². The Bertz CT molecular complexity index is 514. The Hall–Kier alpha value is -1.12. The highest BCUT2D eigenvalue weighted by Gasteiger charge is 2.20. The van der Waals surface area contributed by atoms with Crippen LogP contribution in [0.2, 0.25) is 0 Å². The van der Waals surface area contributed by atoms with Gasteiger partial charge in [0.2, 0.25) is 16.1 Å². The average Bonchev–Trinajstić information content (AvgIpc) is 2.25. The number of aliphatic carboxylic acids is 1. The molecule has 2 N–H and O–H groups in total. The molecule has 0 amide bonds. The van der Waals surface area contributed by atoms with E-state index in [0.29, 0.717) is 5.75 Å². The molecule has 0 heterocycles. The first-order valence-electron chi connectivity index (χ1n) is 4.87. The van der Waals surface area contributed by atoms with E-state index in [2.05, 4.69) is 20.7 Å². The number of hydrogen-bond acceptors (Lipinski definition) is 4. The molecular formula is C10H12BrNO5S. The molecule has 1 aromatic rings. The molecule has 18 heavy (non-hydrogen) atoms. The molecule has 0 aliphatic heterocycles. The number of carboxylic acid groups (broad SMARTS) is 1. The Morgan fingerprint density at radius 1 is 1.44 bits per heavy atom. The van der Waals surface area contributed by atoms with Gasteiger partial charge in [0, 0.05) is 4.47 Å². The fourth-order valence-corrected chi connectivity index (χ4v) is 1.80. The summed E-state index contributed by atoms with van der Waals surface area (Å²) in [7, 11) is -3.45. The molecule has 8 heteroatoms. The summed E-state index contributed by atoms with van der Waals surface area (Å²) in [5, 5.41) is 8.92. The van der Waals surface area contributed by atoms with E-state index in [4.69, 9.17) is 9.84 Å². The maximum atomic E-state index is 10.9. The number of nitrogens with one attached hydrogen (secondary N) is 1. The topological polar surface area (TPSA) is 92.7 Å². The molecule has 1 rings (SSSR count). The Labute approximate surface area is 113 Å². The van der Waals surface area contributed by atoms with Gasteiger partial charge in [0.25, 0.3) is 0 Å². The van der Waals surface area contributed by atoms with Crippen LogP contribution in [-0.2, 0) is 14.8 Å². The van der Waals surface area contributed by atoms with Crippen molar-refractivity contribution in [2.24, 2.45) is 0 Å². The molecule has 0 aliphatic carbocycles. The Kier molecular flexibility index (Phi) is 5.12. The van der Waals surface area contributed by atoms with Gasteiger partial charge in [0.05, 0.1) is 12.8 Å². The van der Waals surface area contributed by atoms with Crippen LogP contribution in [0.15, 0.2) is 28.7 Å². The summed E-state index contributed by atoms with van der Waals surface area (Å²) in [6, 6.07) is 6.55. The normalized spacial score (nSPS) is 13.0. The molecule has 0 saturated carbocycles. The molecule has 1 aromatic carbocycles. The number of halogens is 1. The van der Waals surface area contributed by atoms with Crippen molar-refractivity contribution in [1.29, 1.82) is 0 Å². The molecule has 0 saturated heterocycles. The van der Waals surface area contributed by atoms with E-state index in [1.807, 2.05) is 0 Å². The second-order valence-corrected chi connectivity index (χ2v) is 6.27. The number of carbonyl (C=O) groups is 1. The van der Waals surface area contributed by atoms with Crippen LogP contribution in [0, 0.1) is 0 Å². The SMILES string of the molecule is CS(=O)(=O)NCC(Oc1ccc(Br)cc1)C(=O)O. The third-order valence-electron chi connectivity index (χ3n) is 1.90. The number of rotatable bonds is 6. The zero-order chi connectivity index (χ0) is 13.8. The second kappa shape index (κ2) is 6.17. The summed E-state index contributed by atoms with van der Waals surface area (Å²) in [5.41, 5.74) is 0. The van der Waals surface area contributed by atoms with E-state index >= 15 is 0 Å². The summed E-state index contributed by atoms with van der Waals surface area (Å²) in [6.07, 6.45) is -0.327. The zero-order valence-corrected chi connectivity index (χ0v) is 11.9. The lowest BCUT2D eigenvalue weighted by atomic mass is 10.3. The molecule has 0 aliphatic rings. The first kappa shape index (κ1) is 14.9. The zero-order valence-electron chi connectivity index (χ0n) is 9.46. The molecule has 100 valence electrons. The van der Waals surface area contributed by atoms with Gasteiger partial charge in [-0.25, -0.2) is 17.9 Å². The molecule has 0 radical (unpaired) electrons. The summed E-state index contributed by atoms with van der Waals surface area (Å²) in [4.78, 5) is 10.9. The van der Waals surface area contributed by atoms with Crippen molar-refractivity contribution < 1.29 is 23.1 Å². The Morgan fingerprint density at radius 2 is 2.00 bits per heavy atom. The van der Waals surface area contributed by atoms with Crippen molar-refractivity contribution in [3.05, 3.63) is 28.7 Å². The molecule has 0 bridgehead atoms. The summed E-state index contributed by atoms with van der Waals surface area (Å²) < 4.78 is 29.9. The lowest BCUT2D eigenvalue weighted by Gasteiger charge is -2.15. The van der Waals surface area contributed by atoms with Crippen molar-refractivity contribution >= 4 is 31.9 Å². The van der Waals surface area contributed by atoms with Crippen LogP contribution in [0.25, 0.3) is 0 Å². The van der Waals surface area contributed by atoms with Crippen LogP contribution in [0.4, 0.5) is 0 Å². The maximum Gasteiger partial charge on any atom is 0.346 e. The molecule has 6 nitrogen and oxygen atoms in total. The van der Waals surface area contributed by atoms with Crippen LogP contribution in [0.1, 0.15) is 0 Å². The van der Waals surface area contributed by atoms with Gasteiger partial charge in [-0.05, 0) is 24.3 Å². The van der Waals surface area contributed by atoms with E-state index in [1.54, 1.807) is 24.3 Å². The number of benzene rings is 1. The summed E-state index contributed by atoms with van der Waals surface area (Å²) in [6.45, 7) is -0.329. The predicted octanol–water partition coefficient (Wildman–Crippen LogP) is 0.830.